The van der Waals surface area contributed by atoms with Crippen LogP contribution in [0.2, 0.25) is 0 Å². The van der Waals surface area contributed by atoms with Gasteiger partial charge in [0.15, 0.2) is 0 Å². The molecule has 0 aromatic carbocycles. The van der Waals surface area contributed by atoms with Crippen LogP contribution in [-0.4, -0.2) is 29.6 Å². The molecule has 4 nitrogen and oxygen atoms in total. The van der Waals surface area contributed by atoms with Crippen LogP contribution >= 0.6 is 0 Å². The maximum absolute atomic E-state index is 4.59. The number of aryl methyl sites for hydroxylation is 1. The van der Waals surface area contributed by atoms with E-state index < -0.39 is 0 Å². The number of hydrogen-bond donors (Lipinski definition) is 1. The van der Waals surface area contributed by atoms with Gasteiger partial charge in [-0.2, -0.15) is 0 Å². The van der Waals surface area contributed by atoms with Crippen LogP contribution in [0.1, 0.15) is 24.7 Å². The topological polar surface area (TPSA) is 41.1 Å². The molecule has 0 amide bonds. The summed E-state index contributed by atoms with van der Waals surface area (Å²) in [6.45, 7) is 7.86. The first-order chi connectivity index (χ1) is 8.31. The lowest BCUT2D eigenvalue weighted by Gasteiger charge is -2.26. The van der Waals surface area contributed by atoms with Gasteiger partial charge in [-0.25, -0.2) is 9.97 Å². The van der Waals surface area contributed by atoms with Crippen molar-refractivity contribution in [2.75, 3.05) is 24.5 Å². The lowest BCUT2D eigenvalue weighted by atomic mass is 10.2. The molecular formula is C13H20N4. The van der Waals surface area contributed by atoms with Gasteiger partial charge in [0.05, 0.1) is 0 Å². The molecule has 4 heteroatoms. The van der Waals surface area contributed by atoms with Crippen LogP contribution in [0, 0.1) is 6.92 Å². The monoisotopic (exact) mass is 232 g/mol. The van der Waals surface area contributed by atoms with E-state index in [1.807, 2.05) is 13.1 Å². The van der Waals surface area contributed by atoms with E-state index in [2.05, 4.69) is 39.3 Å². The molecule has 92 valence electrons. The van der Waals surface area contributed by atoms with Crippen molar-refractivity contribution in [2.24, 2.45) is 0 Å². The van der Waals surface area contributed by atoms with Crippen molar-refractivity contribution in [3.05, 3.63) is 29.7 Å². The maximum Gasteiger partial charge on any atom is 0.137 e. The fourth-order valence-electron chi connectivity index (χ4n) is 1.97. The van der Waals surface area contributed by atoms with Crippen LogP contribution in [-0.2, 0) is 6.54 Å². The fraction of sp³-hybridized carbons (Fsp3) is 0.538. The molecule has 17 heavy (non-hydrogen) atoms. The molecule has 1 aliphatic rings. The molecule has 2 rings (SSSR count). The van der Waals surface area contributed by atoms with Gasteiger partial charge in [-0.15, -0.1) is 0 Å². The van der Waals surface area contributed by atoms with E-state index in [1.165, 1.54) is 5.56 Å². The Bertz CT molecular complexity index is 400. The van der Waals surface area contributed by atoms with Crippen molar-refractivity contribution >= 4 is 5.82 Å². The molecule has 0 radical (unpaired) electrons. The summed E-state index contributed by atoms with van der Waals surface area (Å²) in [4.78, 5) is 11.2. The highest BCUT2D eigenvalue weighted by atomic mass is 15.2. The third-order valence-electron chi connectivity index (χ3n) is 2.89. The van der Waals surface area contributed by atoms with Crippen molar-refractivity contribution in [1.29, 1.82) is 0 Å². The number of anilines is 1. The summed E-state index contributed by atoms with van der Waals surface area (Å²) >= 11 is 0. The van der Waals surface area contributed by atoms with Gasteiger partial charge >= 0.3 is 0 Å². The Kier molecular flexibility index (Phi) is 4.09. The molecule has 0 bridgehead atoms. The minimum Gasteiger partial charge on any atom is -0.352 e. The molecule has 0 spiro atoms. The normalized spacial score (nSPS) is 15.3. The van der Waals surface area contributed by atoms with Crippen LogP contribution < -0.4 is 10.2 Å². The summed E-state index contributed by atoms with van der Waals surface area (Å²) in [5.74, 6) is 1.93. The zero-order valence-electron chi connectivity index (χ0n) is 10.6. The van der Waals surface area contributed by atoms with Gasteiger partial charge in [-0.05, 0) is 19.9 Å². The SMILES string of the molecule is CCNCc1cnc(C)nc1N1CC=CCC1. The summed E-state index contributed by atoms with van der Waals surface area (Å²) in [6, 6.07) is 0. The van der Waals surface area contributed by atoms with Crippen LogP contribution in [0.25, 0.3) is 0 Å². The minimum absolute atomic E-state index is 0.840. The number of nitrogens with one attached hydrogen (secondary N) is 1. The Labute approximate surface area is 103 Å². The maximum atomic E-state index is 4.59. The van der Waals surface area contributed by atoms with Crippen molar-refractivity contribution in [1.82, 2.24) is 15.3 Å². The van der Waals surface area contributed by atoms with Crippen LogP contribution in [0.4, 0.5) is 5.82 Å². The van der Waals surface area contributed by atoms with Crippen molar-refractivity contribution < 1.29 is 0 Å². The van der Waals surface area contributed by atoms with Crippen LogP contribution in [0.15, 0.2) is 18.3 Å². The van der Waals surface area contributed by atoms with Crippen LogP contribution in [0.3, 0.4) is 0 Å². The Hall–Kier alpha value is -1.42. The third kappa shape index (κ3) is 3.03. The second-order valence-corrected chi connectivity index (χ2v) is 4.25. The summed E-state index contributed by atoms with van der Waals surface area (Å²) in [7, 11) is 0. The molecule has 1 aliphatic heterocycles. The Balaban J connectivity index is 2.22. The standard InChI is InChI=1S/C13H20N4/c1-3-14-9-12-10-15-11(2)16-13(12)17-7-5-4-6-8-17/h4-5,10,14H,3,6-9H2,1-2H3. The molecule has 0 saturated carbocycles. The molecule has 0 atom stereocenters. The molecule has 0 fully saturated rings. The largest absolute Gasteiger partial charge is 0.352 e. The first-order valence-corrected chi connectivity index (χ1v) is 6.24. The average molecular weight is 232 g/mol. The highest BCUT2D eigenvalue weighted by molar-refractivity contribution is 5.47. The highest BCUT2D eigenvalue weighted by Gasteiger charge is 2.13. The highest BCUT2D eigenvalue weighted by Crippen LogP contribution is 2.19. The molecule has 0 unspecified atom stereocenters. The van der Waals surface area contributed by atoms with Crippen molar-refractivity contribution in [2.45, 2.75) is 26.8 Å². The molecule has 0 saturated heterocycles. The molecular weight excluding hydrogens is 212 g/mol. The predicted molar refractivity (Wildman–Crippen MR) is 70.1 cm³/mol. The molecule has 1 N–H and O–H groups in total. The summed E-state index contributed by atoms with van der Waals surface area (Å²) in [5, 5.41) is 3.34. The average Bonchev–Trinajstić information content (AvgIpc) is 2.38. The van der Waals surface area contributed by atoms with E-state index >= 15 is 0 Å². The Morgan fingerprint density at radius 1 is 1.41 bits per heavy atom. The number of nitrogens with zero attached hydrogens (tertiary/aromatic N) is 3. The van der Waals surface area contributed by atoms with Gasteiger partial charge < -0.3 is 10.2 Å². The third-order valence-corrected chi connectivity index (χ3v) is 2.89. The Morgan fingerprint density at radius 3 is 3.00 bits per heavy atom. The molecule has 1 aromatic heterocycles. The van der Waals surface area contributed by atoms with Gasteiger partial charge in [-0.1, -0.05) is 19.1 Å². The lowest BCUT2D eigenvalue weighted by molar-refractivity contribution is 0.707. The van der Waals surface area contributed by atoms with E-state index in [1.54, 1.807) is 0 Å². The number of hydrogen-bond acceptors (Lipinski definition) is 4. The predicted octanol–water partition coefficient (Wildman–Crippen LogP) is 1.66. The van der Waals surface area contributed by atoms with Gasteiger partial charge in [0.2, 0.25) is 0 Å². The second-order valence-electron chi connectivity index (χ2n) is 4.25. The molecule has 2 heterocycles. The van der Waals surface area contributed by atoms with E-state index in [0.717, 1.165) is 44.2 Å². The Morgan fingerprint density at radius 2 is 2.29 bits per heavy atom. The van der Waals surface area contributed by atoms with E-state index in [0.29, 0.717) is 0 Å². The summed E-state index contributed by atoms with van der Waals surface area (Å²) in [6.07, 6.45) is 7.48. The lowest BCUT2D eigenvalue weighted by Crippen LogP contribution is -2.30. The summed E-state index contributed by atoms with van der Waals surface area (Å²) < 4.78 is 0. The van der Waals surface area contributed by atoms with Gasteiger partial charge in [0, 0.05) is 31.4 Å². The first kappa shape index (κ1) is 12.0. The second kappa shape index (κ2) is 5.77. The molecule has 1 aromatic rings. The fourth-order valence-corrected chi connectivity index (χ4v) is 1.97. The summed E-state index contributed by atoms with van der Waals surface area (Å²) in [5.41, 5.74) is 1.19. The number of aromatic nitrogens is 2. The van der Waals surface area contributed by atoms with Crippen LogP contribution in [0.5, 0.6) is 0 Å². The van der Waals surface area contributed by atoms with E-state index in [4.69, 9.17) is 0 Å². The van der Waals surface area contributed by atoms with Gasteiger partial charge in [0.25, 0.3) is 0 Å². The first-order valence-electron chi connectivity index (χ1n) is 6.24. The minimum atomic E-state index is 0.840. The van der Waals surface area contributed by atoms with Gasteiger partial charge in [0.1, 0.15) is 11.6 Å². The molecule has 0 aliphatic carbocycles. The van der Waals surface area contributed by atoms with E-state index in [9.17, 15) is 0 Å². The smallest absolute Gasteiger partial charge is 0.137 e. The van der Waals surface area contributed by atoms with Gasteiger partial charge in [-0.3, -0.25) is 0 Å². The van der Waals surface area contributed by atoms with Crippen molar-refractivity contribution in [3.8, 4) is 0 Å². The zero-order chi connectivity index (χ0) is 12.1. The zero-order valence-corrected chi connectivity index (χ0v) is 10.6. The quantitative estimate of drug-likeness (QED) is 0.802. The number of rotatable bonds is 4. The van der Waals surface area contributed by atoms with Crippen molar-refractivity contribution in [3.63, 3.8) is 0 Å². The van der Waals surface area contributed by atoms with E-state index in [-0.39, 0.29) is 0 Å².